The number of ether oxygens (including phenoxy) is 1. The summed E-state index contributed by atoms with van der Waals surface area (Å²) < 4.78 is 5.45. The normalized spacial score (nSPS) is 20.0. The Morgan fingerprint density at radius 3 is 2.42 bits per heavy atom. The molecule has 1 N–H and O–H groups in total. The predicted octanol–water partition coefficient (Wildman–Crippen LogP) is 4.05. The maximum absolute atomic E-state index is 12.5. The monoisotopic (exact) mass is 325 g/mol. The SMILES string of the molecule is COc1cc(N2C(=O)[C@@H](C)[C@@H]2c2ccc(C)c(O)c2)cc(C)c1C. The van der Waals surface area contributed by atoms with Gasteiger partial charge in [0.15, 0.2) is 0 Å². The number of anilines is 1. The van der Waals surface area contributed by atoms with E-state index in [0.717, 1.165) is 33.7 Å². The Bertz CT molecular complexity index is 813. The first-order chi connectivity index (χ1) is 11.3. The van der Waals surface area contributed by atoms with Crippen molar-refractivity contribution in [2.75, 3.05) is 12.0 Å². The van der Waals surface area contributed by atoms with Crippen molar-refractivity contribution >= 4 is 11.6 Å². The third-order valence-corrected chi connectivity index (χ3v) is 5.06. The van der Waals surface area contributed by atoms with Gasteiger partial charge < -0.3 is 14.7 Å². The van der Waals surface area contributed by atoms with Gasteiger partial charge in [0.1, 0.15) is 11.5 Å². The largest absolute Gasteiger partial charge is 0.508 e. The van der Waals surface area contributed by atoms with Gasteiger partial charge in [-0.15, -0.1) is 0 Å². The second-order valence-corrected chi connectivity index (χ2v) is 6.58. The van der Waals surface area contributed by atoms with Crippen molar-refractivity contribution in [2.45, 2.75) is 33.7 Å². The lowest BCUT2D eigenvalue weighted by Crippen LogP contribution is -2.54. The van der Waals surface area contributed by atoms with E-state index in [1.165, 1.54) is 0 Å². The van der Waals surface area contributed by atoms with Crippen molar-refractivity contribution in [2.24, 2.45) is 5.92 Å². The number of methoxy groups -OCH3 is 1. The minimum Gasteiger partial charge on any atom is -0.508 e. The van der Waals surface area contributed by atoms with Crippen LogP contribution in [0.25, 0.3) is 0 Å². The highest BCUT2D eigenvalue weighted by molar-refractivity contribution is 6.03. The Hall–Kier alpha value is -2.49. The van der Waals surface area contributed by atoms with Crippen LogP contribution in [-0.2, 0) is 4.79 Å². The standard InChI is InChI=1S/C20H23NO3/c1-11-6-7-15(9-17(11)22)19-14(4)20(23)21(19)16-8-12(2)13(3)18(10-16)24-5/h6-10,14,19,22H,1-5H3/t14-,19+/m0/s1. The van der Waals surface area contributed by atoms with Gasteiger partial charge in [-0.25, -0.2) is 0 Å². The van der Waals surface area contributed by atoms with Crippen molar-refractivity contribution in [3.63, 3.8) is 0 Å². The highest BCUT2D eigenvalue weighted by Crippen LogP contribution is 2.45. The van der Waals surface area contributed by atoms with Crippen LogP contribution in [0.3, 0.4) is 0 Å². The van der Waals surface area contributed by atoms with Crippen molar-refractivity contribution in [1.29, 1.82) is 0 Å². The van der Waals surface area contributed by atoms with Crippen LogP contribution in [0, 0.1) is 26.7 Å². The number of amides is 1. The summed E-state index contributed by atoms with van der Waals surface area (Å²) in [6.07, 6.45) is 0. The van der Waals surface area contributed by atoms with Crippen molar-refractivity contribution in [3.8, 4) is 11.5 Å². The molecule has 1 fully saturated rings. The molecule has 24 heavy (non-hydrogen) atoms. The van der Waals surface area contributed by atoms with Crippen molar-refractivity contribution in [3.05, 3.63) is 52.6 Å². The third-order valence-electron chi connectivity index (χ3n) is 5.06. The van der Waals surface area contributed by atoms with E-state index in [1.807, 2.05) is 52.0 Å². The van der Waals surface area contributed by atoms with Crippen molar-refractivity contribution in [1.82, 2.24) is 0 Å². The highest BCUT2D eigenvalue weighted by atomic mass is 16.5. The van der Waals surface area contributed by atoms with Crippen LogP contribution in [0.15, 0.2) is 30.3 Å². The molecule has 1 aliphatic rings. The lowest BCUT2D eigenvalue weighted by atomic mass is 9.82. The molecule has 2 aromatic carbocycles. The Morgan fingerprint density at radius 2 is 1.79 bits per heavy atom. The Morgan fingerprint density at radius 1 is 1.08 bits per heavy atom. The molecule has 1 heterocycles. The summed E-state index contributed by atoms with van der Waals surface area (Å²) in [5.41, 5.74) is 4.77. The number of carbonyl (C=O) groups excluding carboxylic acids is 1. The quantitative estimate of drug-likeness (QED) is 0.866. The third kappa shape index (κ3) is 2.42. The molecule has 4 heteroatoms. The zero-order valence-electron chi connectivity index (χ0n) is 14.8. The van der Waals surface area contributed by atoms with E-state index >= 15 is 0 Å². The van der Waals surface area contributed by atoms with Gasteiger partial charge in [-0.1, -0.05) is 19.1 Å². The number of β-lactam (4-membered cyclic amide) rings is 1. The summed E-state index contributed by atoms with van der Waals surface area (Å²) in [7, 11) is 1.64. The molecule has 0 spiro atoms. The summed E-state index contributed by atoms with van der Waals surface area (Å²) in [5.74, 6) is 1.02. The first kappa shape index (κ1) is 16.4. The second-order valence-electron chi connectivity index (χ2n) is 6.58. The van der Waals surface area contributed by atoms with Crippen LogP contribution in [0.4, 0.5) is 5.69 Å². The van der Waals surface area contributed by atoms with E-state index in [0.29, 0.717) is 0 Å². The fourth-order valence-corrected chi connectivity index (χ4v) is 3.33. The number of aryl methyl sites for hydroxylation is 2. The summed E-state index contributed by atoms with van der Waals surface area (Å²) in [4.78, 5) is 14.3. The molecule has 2 aromatic rings. The van der Waals surface area contributed by atoms with E-state index in [-0.39, 0.29) is 23.6 Å². The maximum Gasteiger partial charge on any atom is 0.232 e. The summed E-state index contributed by atoms with van der Waals surface area (Å²) in [5, 5.41) is 10.0. The molecule has 0 unspecified atom stereocenters. The molecule has 0 bridgehead atoms. The van der Waals surface area contributed by atoms with E-state index in [4.69, 9.17) is 4.74 Å². The van der Waals surface area contributed by atoms with Gasteiger partial charge in [0.2, 0.25) is 5.91 Å². The lowest BCUT2D eigenvalue weighted by molar-refractivity contribution is -0.129. The van der Waals surface area contributed by atoms with Gasteiger partial charge in [0, 0.05) is 11.8 Å². The average molecular weight is 325 g/mol. The molecule has 0 radical (unpaired) electrons. The number of hydrogen-bond acceptors (Lipinski definition) is 3. The van der Waals surface area contributed by atoms with E-state index < -0.39 is 0 Å². The van der Waals surface area contributed by atoms with E-state index in [9.17, 15) is 9.90 Å². The van der Waals surface area contributed by atoms with E-state index in [1.54, 1.807) is 18.1 Å². The van der Waals surface area contributed by atoms with Crippen LogP contribution in [0.1, 0.15) is 35.2 Å². The summed E-state index contributed by atoms with van der Waals surface area (Å²) >= 11 is 0. The molecule has 0 aliphatic carbocycles. The average Bonchev–Trinajstić information content (AvgIpc) is 2.57. The summed E-state index contributed by atoms with van der Waals surface area (Å²) in [6.45, 7) is 7.81. The number of rotatable bonds is 3. The number of carbonyl (C=O) groups is 1. The molecule has 1 amide bonds. The maximum atomic E-state index is 12.5. The molecule has 1 aliphatic heterocycles. The van der Waals surface area contributed by atoms with Crippen LogP contribution >= 0.6 is 0 Å². The number of aromatic hydroxyl groups is 1. The number of phenols is 1. The molecule has 2 atom stereocenters. The van der Waals surface area contributed by atoms with Crippen LogP contribution in [-0.4, -0.2) is 18.1 Å². The van der Waals surface area contributed by atoms with Gasteiger partial charge in [-0.05, 0) is 55.2 Å². The van der Waals surface area contributed by atoms with Crippen LogP contribution < -0.4 is 9.64 Å². The fraction of sp³-hybridized carbons (Fsp3) is 0.350. The molecule has 4 nitrogen and oxygen atoms in total. The number of benzene rings is 2. The lowest BCUT2D eigenvalue weighted by Gasteiger charge is -2.46. The first-order valence-corrected chi connectivity index (χ1v) is 8.13. The van der Waals surface area contributed by atoms with Crippen molar-refractivity contribution < 1.29 is 14.6 Å². The Kier molecular flexibility index (Phi) is 3.99. The van der Waals surface area contributed by atoms with Crippen LogP contribution in [0.2, 0.25) is 0 Å². The van der Waals surface area contributed by atoms with Crippen LogP contribution in [0.5, 0.6) is 11.5 Å². The number of hydrogen-bond donors (Lipinski definition) is 1. The zero-order valence-corrected chi connectivity index (χ0v) is 14.8. The van der Waals surface area contributed by atoms with Gasteiger partial charge in [0.25, 0.3) is 0 Å². The number of phenolic OH excluding ortho intramolecular Hbond substituents is 1. The Labute approximate surface area is 142 Å². The second kappa shape index (κ2) is 5.86. The molecular formula is C20H23NO3. The number of nitrogens with zero attached hydrogens (tertiary/aromatic N) is 1. The zero-order chi connectivity index (χ0) is 17.6. The molecule has 126 valence electrons. The molecule has 0 saturated carbocycles. The van der Waals surface area contributed by atoms with Gasteiger partial charge in [-0.2, -0.15) is 0 Å². The molecule has 1 saturated heterocycles. The topological polar surface area (TPSA) is 49.8 Å². The first-order valence-electron chi connectivity index (χ1n) is 8.13. The summed E-state index contributed by atoms with van der Waals surface area (Å²) in [6, 6.07) is 9.48. The predicted molar refractivity (Wildman–Crippen MR) is 94.7 cm³/mol. The molecule has 0 aromatic heterocycles. The van der Waals surface area contributed by atoms with E-state index in [2.05, 4.69) is 0 Å². The minimum atomic E-state index is -0.111. The van der Waals surface area contributed by atoms with Gasteiger partial charge in [-0.3, -0.25) is 4.79 Å². The van der Waals surface area contributed by atoms with Gasteiger partial charge >= 0.3 is 0 Å². The molecular weight excluding hydrogens is 302 g/mol. The minimum absolute atomic E-state index is 0.0733. The highest BCUT2D eigenvalue weighted by Gasteiger charge is 2.46. The fourth-order valence-electron chi connectivity index (χ4n) is 3.33. The Balaban J connectivity index is 2.04. The molecule has 3 rings (SSSR count). The van der Waals surface area contributed by atoms with Gasteiger partial charge in [0.05, 0.1) is 19.1 Å². The smallest absolute Gasteiger partial charge is 0.232 e.